The number of hydrogen-bond acceptors (Lipinski definition) is 3. The minimum absolute atomic E-state index is 0.0907. The summed E-state index contributed by atoms with van der Waals surface area (Å²) in [5, 5.41) is 14.0. The van der Waals surface area contributed by atoms with Crippen LogP contribution in [0.15, 0.2) is 0 Å². The van der Waals surface area contributed by atoms with Gasteiger partial charge in [-0.2, -0.15) is 0 Å². The Kier molecular flexibility index (Phi) is 7.11. The van der Waals surface area contributed by atoms with Gasteiger partial charge in [0.25, 0.3) is 0 Å². The Labute approximate surface area is 113 Å². The monoisotopic (exact) mass is 272 g/mol. The second-order valence-corrected chi connectivity index (χ2v) is 5.56. The van der Waals surface area contributed by atoms with E-state index in [0.717, 1.165) is 6.42 Å². The molecule has 0 aliphatic carbocycles. The van der Waals surface area contributed by atoms with Crippen LogP contribution in [0, 0.1) is 11.3 Å². The molecular formula is C13H24N2O4. The van der Waals surface area contributed by atoms with E-state index < -0.39 is 17.3 Å². The average molecular weight is 272 g/mol. The lowest BCUT2D eigenvalue weighted by Gasteiger charge is -2.18. The van der Waals surface area contributed by atoms with Gasteiger partial charge in [0.2, 0.25) is 11.8 Å². The van der Waals surface area contributed by atoms with E-state index in [-0.39, 0.29) is 24.9 Å². The summed E-state index contributed by atoms with van der Waals surface area (Å²) < 4.78 is 0. The van der Waals surface area contributed by atoms with E-state index in [0.29, 0.717) is 6.42 Å². The minimum atomic E-state index is -0.916. The fourth-order valence-corrected chi connectivity index (χ4v) is 1.39. The fraction of sp³-hybridized carbons (Fsp3) is 0.769. The van der Waals surface area contributed by atoms with Crippen LogP contribution < -0.4 is 10.6 Å². The van der Waals surface area contributed by atoms with Crippen molar-refractivity contribution in [1.82, 2.24) is 10.6 Å². The summed E-state index contributed by atoms with van der Waals surface area (Å²) in [6.45, 7) is 7.11. The van der Waals surface area contributed by atoms with Crippen LogP contribution >= 0.6 is 0 Å². The first-order valence-corrected chi connectivity index (χ1v) is 6.46. The van der Waals surface area contributed by atoms with Gasteiger partial charge in [-0.05, 0) is 6.42 Å². The second-order valence-electron chi connectivity index (χ2n) is 5.56. The summed E-state index contributed by atoms with van der Waals surface area (Å²) >= 11 is 0. The van der Waals surface area contributed by atoms with E-state index in [4.69, 9.17) is 5.11 Å². The third-order valence-corrected chi connectivity index (χ3v) is 2.62. The number of amides is 2. The molecular weight excluding hydrogens is 248 g/mol. The van der Waals surface area contributed by atoms with E-state index >= 15 is 0 Å². The zero-order valence-corrected chi connectivity index (χ0v) is 12.1. The number of nitrogens with one attached hydrogen (secondary N) is 2. The number of rotatable bonds is 7. The summed E-state index contributed by atoms with van der Waals surface area (Å²) in [6, 6.07) is 0. The van der Waals surface area contributed by atoms with Crippen molar-refractivity contribution in [2.24, 2.45) is 11.3 Å². The lowest BCUT2D eigenvalue weighted by atomic mass is 9.96. The van der Waals surface area contributed by atoms with Gasteiger partial charge in [-0.1, -0.05) is 34.1 Å². The molecule has 19 heavy (non-hydrogen) atoms. The lowest BCUT2D eigenvalue weighted by molar-refractivity contribution is -0.142. The normalized spacial score (nSPS) is 12.6. The van der Waals surface area contributed by atoms with Gasteiger partial charge in [0.1, 0.15) is 0 Å². The Morgan fingerprint density at radius 2 is 1.74 bits per heavy atom. The lowest BCUT2D eigenvalue weighted by Crippen LogP contribution is -2.43. The van der Waals surface area contributed by atoms with Gasteiger partial charge in [0.15, 0.2) is 0 Å². The maximum absolute atomic E-state index is 11.5. The highest BCUT2D eigenvalue weighted by Gasteiger charge is 2.22. The van der Waals surface area contributed by atoms with Crippen LogP contribution in [0.2, 0.25) is 0 Å². The van der Waals surface area contributed by atoms with Gasteiger partial charge in [-0.3, -0.25) is 14.4 Å². The highest BCUT2D eigenvalue weighted by Crippen LogP contribution is 2.11. The van der Waals surface area contributed by atoms with Gasteiger partial charge in [-0.25, -0.2) is 0 Å². The van der Waals surface area contributed by atoms with Gasteiger partial charge in [0.05, 0.1) is 12.5 Å². The van der Waals surface area contributed by atoms with Crippen molar-refractivity contribution >= 4 is 17.8 Å². The Bertz CT molecular complexity index is 334. The molecule has 6 heteroatoms. The molecule has 0 aromatic heterocycles. The van der Waals surface area contributed by atoms with Crippen molar-refractivity contribution < 1.29 is 19.5 Å². The second kappa shape index (κ2) is 7.76. The van der Waals surface area contributed by atoms with E-state index in [9.17, 15) is 14.4 Å². The van der Waals surface area contributed by atoms with Crippen LogP contribution in [0.25, 0.3) is 0 Å². The average Bonchev–Trinajstić information content (AvgIpc) is 2.29. The molecule has 1 atom stereocenters. The third kappa shape index (κ3) is 7.43. The number of carbonyl (C=O) groups is 3. The smallest absolute Gasteiger partial charge is 0.308 e. The quantitative estimate of drug-likeness (QED) is 0.637. The molecule has 0 aromatic carbocycles. The molecule has 2 amide bonds. The highest BCUT2D eigenvalue weighted by atomic mass is 16.4. The van der Waals surface area contributed by atoms with Crippen LogP contribution in [0.4, 0.5) is 0 Å². The van der Waals surface area contributed by atoms with Crippen LogP contribution in [0.5, 0.6) is 0 Å². The molecule has 0 bridgehead atoms. The SMILES string of the molecule is CCCC(CNC(=O)CNC(=O)C(C)(C)C)C(=O)O. The van der Waals surface area contributed by atoms with Crippen molar-refractivity contribution in [1.29, 1.82) is 0 Å². The maximum atomic E-state index is 11.5. The van der Waals surface area contributed by atoms with E-state index in [1.54, 1.807) is 20.8 Å². The van der Waals surface area contributed by atoms with E-state index in [1.165, 1.54) is 0 Å². The number of carboxylic acid groups (broad SMARTS) is 1. The first-order chi connectivity index (χ1) is 8.68. The van der Waals surface area contributed by atoms with Crippen molar-refractivity contribution in [2.45, 2.75) is 40.5 Å². The summed E-state index contributed by atoms with van der Waals surface area (Å²) in [5.41, 5.74) is -0.550. The molecule has 1 unspecified atom stereocenters. The Balaban J connectivity index is 4.05. The summed E-state index contributed by atoms with van der Waals surface area (Å²) in [4.78, 5) is 33.9. The van der Waals surface area contributed by atoms with Crippen LogP contribution in [-0.4, -0.2) is 36.0 Å². The molecule has 0 heterocycles. The Morgan fingerprint density at radius 1 is 1.16 bits per heavy atom. The summed E-state index contributed by atoms with van der Waals surface area (Å²) in [7, 11) is 0. The largest absolute Gasteiger partial charge is 0.481 e. The molecule has 0 spiro atoms. The molecule has 0 saturated heterocycles. The third-order valence-electron chi connectivity index (χ3n) is 2.62. The van der Waals surface area contributed by atoms with Crippen molar-refractivity contribution in [3.8, 4) is 0 Å². The number of carbonyl (C=O) groups excluding carboxylic acids is 2. The van der Waals surface area contributed by atoms with E-state index in [1.807, 2.05) is 6.92 Å². The van der Waals surface area contributed by atoms with Crippen molar-refractivity contribution in [3.63, 3.8) is 0 Å². The summed E-state index contributed by atoms with van der Waals surface area (Å²) in [5.74, 6) is -2.08. The fourth-order valence-electron chi connectivity index (χ4n) is 1.39. The highest BCUT2D eigenvalue weighted by molar-refractivity contribution is 5.87. The zero-order chi connectivity index (χ0) is 15.1. The zero-order valence-electron chi connectivity index (χ0n) is 12.1. The van der Waals surface area contributed by atoms with Crippen molar-refractivity contribution in [2.75, 3.05) is 13.1 Å². The van der Waals surface area contributed by atoms with Crippen LogP contribution in [0.1, 0.15) is 40.5 Å². The molecule has 0 aromatic rings. The van der Waals surface area contributed by atoms with Gasteiger partial charge < -0.3 is 15.7 Å². The number of hydrogen-bond donors (Lipinski definition) is 3. The Morgan fingerprint density at radius 3 is 2.16 bits per heavy atom. The first kappa shape index (κ1) is 17.4. The first-order valence-electron chi connectivity index (χ1n) is 6.46. The predicted octanol–water partition coefficient (Wildman–Crippen LogP) is 0.766. The van der Waals surface area contributed by atoms with E-state index in [2.05, 4.69) is 10.6 Å². The van der Waals surface area contributed by atoms with Gasteiger partial charge in [0, 0.05) is 12.0 Å². The molecule has 0 radical (unpaired) electrons. The molecule has 0 aliphatic rings. The molecule has 0 fully saturated rings. The molecule has 110 valence electrons. The van der Waals surface area contributed by atoms with Crippen molar-refractivity contribution in [3.05, 3.63) is 0 Å². The molecule has 0 rings (SSSR count). The topological polar surface area (TPSA) is 95.5 Å². The molecule has 0 saturated carbocycles. The number of carboxylic acids is 1. The maximum Gasteiger partial charge on any atom is 0.308 e. The predicted molar refractivity (Wildman–Crippen MR) is 71.5 cm³/mol. The number of aliphatic carboxylic acids is 1. The van der Waals surface area contributed by atoms with Crippen LogP contribution in [-0.2, 0) is 14.4 Å². The standard InChI is InChI=1S/C13H24N2O4/c1-5-6-9(11(17)18)7-14-10(16)8-15-12(19)13(2,3)4/h9H,5-8H2,1-4H3,(H,14,16)(H,15,19)(H,17,18). The minimum Gasteiger partial charge on any atom is -0.481 e. The van der Waals surface area contributed by atoms with Gasteiger partial charge >= 0.3 is 5.97 Å². The molecule has 3 N–H and O–H groups in total. The molecule has 0 aliphatic heterocycles. The molecule has 6 nitrogen and oxygen atoms in total. The summed E-state index contributed by atoms with van der Waals surface area (Å²) in [6.07, 6.45) is 1.26. The van der Waals surface area contributed by atoms with Gasteiger partial charge in [-0.15, -0.1) is 0 Å². The van der Waals surface area contributed by atoms with Crippen LogP contribution in [0.3, 0.4) is 0 Å². The Hall–Kier alpha value is -1.59.